The normalized spacial score (nSPS) is 14.1. The number of piperazine rings is 1. The number of carbonyl (C=O) groups excluding carboxylic acids is 2. The first kappa shape index (κ1) is 20.2. The molecule has 0 aromatic heterocycles. The van der Waals surface area contributed by atoms with E-state index in [1.165, 1.54) is 16.8 Å². The molecule has 5 nitrogen and oxygen atoms in total. The Bertz CT molecular complexity index is 843. The molecular weight excluding hydrogens is 374 g/mol. The van der Waals surface area contributed by atoms with Crippen LogP contribution < -0.4 is 10.2 Å². The van der Waals surface area contributed by atoms with Crippen LogP contribution in [-0.2, 0) is 16.0 Å². The van der Waals surface area contributed by atoms with Crippen molar-refractivity contribution >= 4 is 29.1 Å². The summed E-state index contributed by atoms with van der Waals surface area (Å²) in [5.74, 6) is -0.981. The lowest BCUT2D eigenvalue weighted by Crippen LogP contribution is -2.53. The van der Waals surface area contributed by atoms with Crippen LogP contribution >= 0.6 is 11.6 Å². The van der Waals surface area contributed by atoms with Gasteiger partial charge in [-0.1, -0.05) is 35.9 Å². The van der Waals surface area contributed by atoms with Crippen molar-refractivity contribution in [2.45, 2.75) is 20.3 Å². The van der Waals surface area contributed by atoms with Crippen molar-refractivity contribution in [2.24, 2.45) is 0 Å². The Hall–Kier alpha value is -2.53. The lowest BCUT2D eigenvalue weighted by atomic mass is 10.1. The fourth-order valence-electron chi connectivity index (χ4n) is 3.42. The van der Waals surface area contributed by atoms with Gasteiger partial charge in [-0.2, -0.15) is 0 Å². The molecule has 0 atom stereocenters. The lowest BCUT2D eigenvalue weighted by Gasteiger charge is -2.36. The van der Waals surface area contributed by atoms with E-state index in [1.54, 1.807) is 4.90 Å². The number of halogens is 1. The zero-order chi connectivity index (χ0) is 20.1. The van der Waals surface area contributed by atoms with Gasteiger partial charge >= 0.3 is 11.8 Å². The van der Waals surface area contributed by atoms with Crippen LogP contribution in [0.15, 0.2) is 42.5 Å². The number of anilines is 1. The SMILES string of the molecule is Cc1cccc(N2CCN(C(=O)C(=O)NCCc3ccc(Cl)cc3)CC2)c1C. The Morgan fingerprint density at radius 3 is 2.36 bits per heavy atom. The van der Waals surface area contributed by atoms with E-state index < -0.39 is 11.8 Å². The molecule has 0 saturated carbocycles. The highest BCUT2D eigenvalue weighted by molar-refractivity contribution is 6.35. The van der Waals surface area contributed by atoms with Gasteiger partial charge in [-0.05, 0) is 55.2 Å². The number of aryl methyl sites for hydroxylation is 1. The summed E-state index contributed by atoms with van der Waals surface area (Å²) in [6.07, 6.45) is 0.663. The molecule has 2 amide bonds. The quantitative estimate of drug-likeness (QED) is 0.804. The summed E-state index contributed by atoms with van der Waals surface area (Å²) in [5.41, 5.74) is 4.80. The molecule has 28 heavy (non-hydrogen) atoms. The highest BCUT2D eigenvalue weighted by Crippen LogP contribution is 2.23. The van der Waals surface area contributed by atoms with E-state index in [4.69, 9.17) is 11.6 Å². The van der Waals surface area contributed by atoms with Crippen LogP contribution in [0.4, 0.5) is 5.69 Å². The van der Waals surface area contributed by atoms with Crippen LogP contribution in [0.2, 0.25) is 5.02 Å². The third-order valence-electron chi connectivity index (χ3n) is 5.29. The van der Waals surface area contributed by atoms with Crippen molar-refractivity contribution in [1.82, 2.24) is 10.2 Å². The molecular formula is C22H26ClN3O2. The topological polar surface area (TPSA) is 52.7 Å². The molecule has 1 N–H and O–H groups in total. The van der Waals surface area contributed by atoms with Crippen LogP contribution in [-0.4, -0.2) is 49.4 Å². The highest BCUT2D eigenvalue weighted by Gasteiger charge is 2.26. The maximum Gasteiger partial charge on any atom is 0.312 e. The van der Waals surface area contributed by atoms with Crippen molar-refractivity contribution in [3.05, 3.63) is 64.2 Å². The molecule has 3 rings (SSSR count). The summed E-state index contributed by atoms with van der Waals surface area (Å²) in [4.78, 5) is 28.5. The van der Waals surface area contributed by atoms with Gasteiger partial charge in [0.05, 0.1) is 0 Å². The summed E-state index contributed by atoms with van der Waals surface area (Å²) >= 11 is 5.87. The molecule has 0 aliphatic carbocycles. The molecule has 0 radical (unpaired) electrons. The minimum absolute atomic E-state index is 0.425. The van der Waals surface area contributed by atoms with Gasteiger partial charge in [0.2, 0.25) is 0 Å². The molecule has 0 bridgehead atoms. The van der Waals surface area contributed by atoms with Crippen molar-refractivity contribution in [3.63, 3.8) is 0 Å². The molecule has 148 valence electrons. The van der Waals surface area contributed by atoms with Gasteiger partial charge in [-0.25, -0.2) is 0 Å². The minimum atomic E-state index is -0.533. The maximum atomic E-state index is 12.4. The van der Waals surface area contributed by atoms with Crippen molar-refractivity contribution < 1.29 is 9.59 Å². The lowest BCUT2D eigenvalue weighted by molar-refractivity contribution is -0.146. The van der Waals surface area contributed by atoms with Gasteiger partial charge in [0, 0.05) is 43.4 Å². The monoisotopic (exact) mass is 399 g/mol. The zero-order valence-electron chi connectivity index (χ0n) is 16.4. The first-order chi connectivity index (χ1) is 13.5. The van der Waals surface area contributed by atoms with Crippen LogP contribution in [0.1, 0.15) is 16.7 Å². The molecule has 0 unspecified atom stereocenters. The van der Waals surface area contributed by atoms with Gasteiger partial charge in [0.1, 0.15) is 0 Å². The predicted octanol–water partition coefficient (Wildman–Crippen LogP) is 2.96. The predicted molar refractivity (Wildman–Crippen MR) is 113 cm³/mol. The summed E-state index contributed by atoms with van der Waals surface area (Å²) in [7, 11) is 0. The number of nitrogens with one attached hydrogen (secondary N) is 1. The second kappa shape index (κ2) is 9.11. The maximum absolute atomic E-state index is 12.4. The first-order valence-corrected chi connectivity index (χ1v) is 9.96. The number of hydrogen-bond donors (Lipinski definition) is 1. The Kier molecular flexibility index (Phi) is 6.57. The molecule has 1 saturated heterocycles. The van der Waals surface area contributed by atoms with E-state index in [0.29, 0.717) is 31.1 Å². The molecule has 0 spiro atoms. The van der Waals surface area contributed by atoms with Gasteiger partial charge in [-0.15, -0.1) is 0 Å². The number of benzene rings is 2. The molecule has 1 aliphatic rings. The van der Waals surface area contributed by atoms with Crippen molar-refractivity contribution in [2.75, 3.05) is 37.6 Å². The van der Waals surface area contributed by atoms with E-state index in [1.807, 2.05) is 24.3 Å². The van der Waals surface area contributed by atoms with Gasteiger partial charge in [0.25, 0.3) is 0 Å². The van der Waals surface area contributed by atoms with Crippen LogP contribution in [0.25, 0.3) is 0 Å². The Balaban J connectivity index is 1.47. The highest BCUT2D eigenvalue weighted by atomic mass is 35.5. The zero-order valence-corrected chi connectivity index (χ0v) is 17.1. The Morgan fingerprint density at radius 2 is 1.68 bits per heavy atom. The average molecular weight is 400 g/mol. The van der Waals surface area contributed by atoms with Crippen LogP contribution in [0, 0.1) is 13.8 Å². The van der Waals surface area contributed by atoms with E-state index in [9.17, 15) is 9.59 Å². The van der Waals surface area contributed by atoms with E-state index in [-0.39, 0.29) is 0 Å². The van der Waals surface area contributed by atoms with E-state index in [2.05, 4.69) is 42.3 Å². The summed E-state index contributed by atoms with van der Waals surface area (Å²) < 4.78 is 0. The molecule has 2 aromatic carbocycles. The van der Waals surface area contributed by atoms with Crippen LogP contribution in [0.3, 0.4) is 0 Å². The number of nitrogens with zero attached hydrogens (tertiary/aromatic N) is 2. The van der Waals surface area contributed by atoms with Crippen LogP contribution in [0.5, 0.6) is 0 Å². The second-order valence-electron chi connectivity index (χ2n) is 7.13. The molecule has 1 aliphatic heterocycles. The number of carbonyl (C=O) groups is 2. The largest absolute Gasteiger partial charge is 0.368 e. The van der Waals surface area contributed by atoms with Gasteiger partial charge in [0.15, 0.2) is 0 Å². The standard InChI is InChI=1S/C22H26ClN3O2/c1-16-4-3-5-20(17(16)2)25-12-14-26(15-13-25)22(28)21(27)24-11-10-18-6-8-19(23)9-7-18/h3-9H,10-15H2,1-2H3,(H,24,27). The smallest absolute Gasteiger partial charge is 0.312 e. The third kappa shape index (κ3) is 4.84. The van der Waals surface area contributed by atoms with Crippen molar-refractivity contribution in [3.8, 4) is 0 Å². The molecule has 1 fully saturated rings. The van der Waals surface area contributed by atoms with Gasteiger partial charge in [-0.3, -0.25) is 9.59 Å². The molecule has 2 aromatic rings. The Labute approximate surface area is 171 Å². The summed E-state index contributed by atoms with van der Waals surface area (Å²) in [6, 6.07) is 13.8. The average Bonchev–Trinajstić information content (AvgIpc) is 2.71. The third-order valence-corrected chi connectivity index (χ3v) is 5.54. The summed E-state index contributed by atoms with van der Waals surface area (Å²) in [6.45, 7) is 7.22. The summed E-state index contributed by atoms with van der Waals surface area (Å²) in [5, 5.41) is 3.41. The molecule has 6 heteroatoms. The van der Waals surface area contributed by atoms with E-state index >= 15 is 0 Å². The number of hydrogen-bond acceptors (Lipinski definition) is 3. The fourth-order valence-corrected chi connectivity index (χ4v) is 3.55. The molecule has 1 heterocycles. The van der Waals surface area contributed by atoms with Gasteiger partial charge < -0.3 is 15.1 Å². The first-order valence-electron chi connectivity index (χ1n) is 9.58. The Morgan fingerprint density at radius 1 is 1.00 bits per heavy atom. The number of rotatable bonds is 4. The van der Waals surface area contributed by atoms with Crippen molar-refractivity contribution in [1.29, 1.82) is 0 Å². The number of amides is 2. The minimum Gasteiger partial charge on any atom is -0.368 e. The van der Waals surface area contributed by atoms with E-state index in [0.717, 1.165) is 18.7 Å². The second-order valence-corrected chi connectivity index (χ2v) is 7.57. The fraction of sp³-hybridized carbons (Fsp3) is 0.364.